The Hall–Kier alpha value is -2.13. The second-order valence-corrected chi connectivity index (χ2v) is 2.96. The Morgan fingerprint density at radius 1 is 1.05 bits per heavy atom. The summed E-state index contributed by atoms with van der Waals surface area (Å²) in [7, 11) is 0. The number of hydrogen-bond acceptors (Lipinski definition) is 5. The summed E-state index contributed by atoms with van der Waals surface area (Å²) in [5, 5.41) is 7.88. The van der Waals surface area contributed by atoms with Gasteiger partial charge in [-0.15, -0.1) is 0 Å². The van der Waals surface area contributed by atoms with Crippen LogP contribution in [0.4, 0.5) is 17.6 Å². The molecule has 0 heterocycles. The molecule has 0 spiro atoms. The molecule has 0 aromatic rings. The number of carbonyl (C=O) groups excluding carboxylic acids is 2. The molecule has 0 aromatic heterocycles. The summed E-state index contributed by atoms with van der Waals surface area (Å²) in [5.74, 6) is -18.0. The minimum atomic E-state index is -5.61. The smallest absolute Gasteiger partial charge is 0.415 e. The van der Waals surface area contributed by atoms with Gasteiger partial charge in [0.05, 0.1) is 0 Å². The van der Waals surface area contributed by atoms with Crippen LogP contribution < -0.4 is 0 Å². The van der Waals surface area contributed by atoms with Crippen molar-refractivity contribution in [1.29, 1.82) is 0 Å². The number of carboxylic acids is 1. The van der Waals surface area contributed by atoms with E-state index in [4.69, 9.17) is 5.11 Å². The predicted molar refractivity (Wildman–Crippen MR) is 49.6 cm³/mol. The van der Waals surface area contributed by atoms with Crippen LogP contribution in [0.3, 0.4) is 0 Å². The average Bonchev–Trinajstić information content (AvgIpc) is 2.33. The summed E-state index contributed by atoms with van der Waals surface area (Å²) in [6.45, 7) is 1.38. The standard InChI is InChI=1S/C9H8F4O6/c1-2-5(14)18-3-4-19-7(17)9(12,13)8(10,11)6(15)16/h2H,1,3-4H2,(H,15,16). The van der Waals surface area contributed by atoms with E-state index in [1.165, 1.54) is 0 Å². The number of hydrogen-bond donors (Lipinski definition) is 1. The second-order valence-electron chi connectivity index (χ2n) is 2.96. The SMILES string of the molecule is C=CC(=O)OCCOC(=O)C(F)(F)C(F)(F)C(=O)O. The molecule has 19 heavy (non-hydrogen) atoms. The molecule has 0 aliphatic rings. The number of carboxylic acid groups (broad SMARTS) is 1. The first-order valence-corrected chi connectivity index (χ1v) is 4.52. The van der Waals surface area contributed by atoms with Crippen molar-refractivity contribution in [2.24, 2.45) is 0 Å². The highest BCUT2D eigenvalue weighted by Gasteiger charge is 2.68. The highest BCUT2D eigenvalue weighted by molar-refractivity contribution is 5.89. The number of ether oxygens (including phenoxy) is 2. The van der Waals surface area contributed by atoms with Crippen LogP contribution in [0.1, 0.15) is 0 Å². The number of rotatable bonds is 7. The van der Waals surface area contributed by atoms with Gasteiger partial charge in [0.2, 0.25) is 0 Å². The molecule has 0 unspecified atom stereocenters. The summed E-state index contributed by atoms with van der Waals surface area (Å²) in [6.07, 6.45) is 0.731. The molecule has 0 atom stereocenters. The van der Waals surface area contributed by atoms with Gasteiger partial charge in [-0.2, -0.15) is 17.6 Å². The van der Waals surface area contributed by atoms with Gasteiger partial charge in [-0.1, -0.05) is 6.58 Å². The zero-order chi connectivity index (χ0) is 15.3. The van der Waals surface area contributed by atoms with E-state index in [1.807, 2.05) is 0 Å². The van der Waals surface area contributed by atoms with Crippen LogP contribution in [-0.4, -0.2) is 48.1 Å². The molecule has 0 radical (unpaired) electrons. The number of esters is 2. The Balaban J connectivity index is 4.45. The molecular formula is C9H8F4O6. The highest BCUT2D eigenvalue weighted by Crippen LogP contribution is 2.35. The van der Waals surface area contributed by atoms with Gasteiger partial charge in [0.15, 0.2) is 0 Å². The third kappa shape index (κ3) is 3.93. The van der Waals surface area contributed by atoms with Gasteiger partial charge in [-0.25, -0.2) is 14.4 Å². The van der Waals surface area contributed by atoms with Crippen molar-refractivity contribution in [2.45, 2.75) is 11.8 Å². The van der Waals surface area contributed by atoms with Crippen LogP contribution in [0.5, 0.6) is 0 Å². The lowest BCUT2D eigenvalue weighted by molar-refractivity contribution is -0.235. The fraction of sp³-hybridized carbons (Fsp3) is 0.444. The molecule has 0 aromatic carbocycles. The molecule has 0 aliphatic carbocycles. The zero-order valence-corrected chi connectivity index (χ0v) is 9.20. The molecule has 6 nitrogen and oxygen atoms in total. The normalized spacial score (nSPS) is 11.6. The van der Waals surface area contributed by atoms with Gasteiger partial charge < -0.3 is 14.6 Å². The first-order chi connectivity index (χ1) is 8.57. The van der Waals surface area contributed by atoms with Crippen molar-refractivity contribution in [2.75, 3.05) is 13.2 Å². The van der Waals surface area contributed by atoms with Crippen molar-refractivity contribution in [1.82, 2.24) is 0 Å². The molecule has 0 rings (SSSR count). The Bertz CT molecular complexity index is 392. The van der Waals surface area contributed by atoms with E-state index in [9.17, 15) is 31.9 Å². The first kappa shape index (κ1) is 16.9. The van der Waals surface area contributed by atoms with Crippen LogP contribution >= 0.6 is 0 Å². The lowest BCUT2D eigenvalue weighted by atomic mass is 10.2. The molecule has 0 saturated heterocycles. The highest BCUT2D eigenvalue weighted by atomic mass is 19.3. The average molecular weight is 288 g/mol. The van der Waals surface area contributed by atoms with E-state index in [0.29, 0.717) is 0 Å². The lowest BCUT2D eigenvalue weighted by Gasteiger charge is -2.20. The largest absolute Gasteiger partial charge is 0.477 e. The molecule has 0 saturated carbocycles. The van der Waals surface area contributed by atoms with E-state index in [2.05, 4.69) is 16.1 Å². The van der Waals surface area contributed by atoms with E-state index >= 15 is 0 Å². The van der Waals surface area contributed by atoms with E-state index in [0.717, 1.165) is 6.08 Å². The Labute approximate surface area is 103 Å². The topological polar surface area (TPSA) is 89.9 Å². The molecule has 10 heteroatoms. The minimum absolute atomic E-state index is 0.675. The fourth-order valence-electron chi connectivity index (χ4n) is 0.689. The van der Waals surface area contributed by atoms with Crippen molar-refractivity contribution in [3.63, 3.8) is 0 Å². The number of alkyl halides is 4. The molecule has 0 bridgehead atoms. The number of halogens is 4. The molecule has 0 fully saturated rings. The fourth-order valence-corrected chi connectivity index (χ4v) is 0.689. The van der Waals surface area contributed by atoms with Gasteiger partial charge in [-0.05, 0) is 0 Å². The Morgan fingerprint density at radius 3 is 1.95 bits per heavy atom. The first-order valence-electron chi connectivity index (χ1n) is 4.52. The molecule has 0 aliphatic heterocycles. The Kier molecular flexibility index (Phi) is 5.47. The summed E-state index contributed by atoms with van der Waals surface area (Å²) in [4.78, 5) is 31.0. The number of aliphatic carboxylic acids is 1. The van der Waals surface area contributed by atoms with Crippen LogP contribution in [0.2, 0.25) is 0 Å². The maximum Gasteiger partial charge on any atom is 0.415 e. The van der Waals surface area contributed by atoms with E-state index in [-0.39, 0.29) is 0 Å². The molecule has 108 valence electrons. The van der Waals surface area contributed by atoms with Crippen LogP contribution in [0.25, 0.3) is 0 Å². The summed E-state index contributed by atoms with van der Waals surface area (Å²) in [5.41, 5.74) is 0. The van der Waals surface area contributed by atoms with Gasteiger partial charge in [0.25, 0.3) is 0 Å². The van der Waals surface area contributed by atoms with Crippen molar-refractivity contribution in [3.8, 4) is 0 Å². The van der Waals surface area contributed by atoms with E-state index < -0.39 is 43.0 Å². The third-order valence-corrected chi connectivity index (χ3v) is 1.65. The van der Waals surface area contributed by atoms with Crippen molar-refractivity contribution in [3.05, 3.63) is 12.7 Å². The van der Waals surface area contributed by atoms with Crippen molar-refractivity contribution >= 4 is 17.9 Å². The van der Waals surface area contributed by atoms with Crippen LogP contribution in [-0.2, 0) is 23.9 Å². The van der Waals surface area contributed by atoms with Gasteiger partial charge >= 0.3 is 29.8 Å². The van der Waals surface area contributed by atoms with Gasteiger partial charge in [0.1, 0.15) is 13.2 Å². The monoisotopic (exact) mass is 288 g/mol. The van der Waals surface area contributed by atoms with Gasteiger partial charge in [0, 0.05) is 6.08 Å². The van der Waals surface area contributed by atoms with Crippen molar-refractivity contribution < 1.29 is 46.5 Å². The second kappa shape index (κ2) is 6.16. The van der Waals surface area contributed by atoms with Crippen LogP contribution in [0.15, 0.2) is 12.7 Å². The van der Waals surface area contributed by atoms with E-state index in [1.54, 1.807) is 0 Å². The summed E-state index contributed by atoms with van der Waals surface area (Å²) >= 11 is 0. The summed E-state index contributed by atoms with van der Waals surface area (Å²) < 4.78 is 58.5. The lowest BCUT2D eigenvalue weighted by Crippen LogP contribution is -2.53. The predicted octanol–water partition coefficient (Wildman–Crippen LogP) is 0.614. The zero-order valence-electron chi connectivity index (χ0n) is 9.20. The molecule has 1 N–H and O–H groups in total. The van der Waals surface area contributed by atoms with Crippen LogP contribution in [0, 0.1) is 0 Å². The summed E-state index contributed by atoms with van der Waals surface area (Å²) in [6, 6.07) is 0. The van der Waals surface area contributed by atoms with Gasteiger partial charge in [-0.3, -0.25) is 0 Å². The maximum absolute atomic E-state index is 12.8. The molecule has 0 amide bonds. The maximum atomic E-state index is 12.8. The number of carbonyl (C=O) groups is 3. The minimum Gasteiger partial charge on any atom is -0.477 e. The third-order valence-electron chi connectivity index (χ3n) is 1.65. The molecular weight excluding hydrogens is 280 g/mol. The Morgan fingerprint density at radius 2 is 1.53 bits per heavy atom. The quantitative estimate of drug-likeness (QED) is 0.319.